The highest BCUT2D eigenvalue weighted by molar-refractivity contribution is 8.13. The van der Waals surface area contributed by atoms with Gasteiger partial charge in [-0.15, -0.1) is 0 Å². The summed E-state index contributed by atoms with van der Waals surface area (Å²) < 4.78 is 46.9. The lowest BCUT2D eigenvalue weighted by Crippen LogP contribution is -2.07. The van der Waals surface area contributed by atoms with Gasteiger partial charge in [0.25, 0.3) is 15.5 Å². The molecule has 0 saturated carbocycles. The number of nitrogens with two attached hydrogens (primary N) is 1. The molecule has 1 heterocycles. The lowest BCUT2D eigenvalue weighted by Gasteiger charge is -2.09. The summed E-state index contributed by atoms with van der Waals surface area (Å²) in [7, 11) is 0.677. The van der Waals surface area contributed by atoms with Gasteiger partial charge in [-0.3, -0.25) is 4.98 Å². The lowest BCUT2D eigenvalue weighted by atomic mass is 10.2. The molecule has 1 rings (SSSR count). The molecule has 0 atom stereocenters. The summed E-state index contributed by atoms with van der Waals surface area (Å²) in [6.07, 6.45) is -1.97. The van der Waals surface area contributed by atoms with Crippen LogP contribution in [0.15, 0.2) is 11.1 Å². The summed E-state index contributed by atoms with van der Waals surface area (Å²) >= 11 is 0. The third-order valence-corrected chi connectivity index (χ3v) is 3.13. The fourth-order valence-corrected chi connectivity index (χ4v) is 2.33. The van der Waals surface area contributed by atoms with Crippen molar-refractivity contribution in [2.24, 2.45) is 0 Å². The number of aromatic nitrogens is 1. The smallest absolute Gasteiger partial charge is 0.281 e. The van der Waals surface area contributed by atoms with Gasteiger partial charge in [0.15, 0.2) is 0 Å². The molecule has 0 aromatic carbocycles. The van der Waals surface area contributed by atoms with Crippen LogP contribution in [-0.2, 0) is 9.05 Å². The van der Waals surface area contributed by atoms with E-state index in [0.29, 0.717) is 0 Å². The van der Waals surface area contributed by atoms with Gasteiger partial charge in [-0.1, -0.05) is 0 Å². The Balaban J connectivity index is 3.65. The second-order valence-corrected chi connectivity index (χ2v) is 5.31. The summed E-state index contributed by atoms with van der Waals surface area (Å²) in [5.41, 5.74) is 4.43. The third kappa shape index (κ3) is 2.35. The van der Waals surface area contributed by atoms with Gasteiger partial charge in [0.05, 0.1) is 5.69 Å². The molecule has 84 valence electrons. The molecule has 1 aromatic heterocycles. The van der Waals surface area contributed by atoms with E-state index in [4.69, 9.17) is 16.4 Å². The molecule has 8 heteroatoms. The van der Waals surface area contributed by atoms with Crippen molar-refractivity contribution in [2.75, 3.05) is 5.73 Å². The van der Waals surface area contributed by atoms with Crippen LogP contribution in [0.1, 0.15) is 17.7 Å². The van der Waals surface area contributed by atoms with Crippen LogP contribution in [0.5, 0.6) is 0 Å². The third-order valence-electron chi connectivity index (χ3n) is 1.75. The van der Waals surface area contributed by atoms with Gasteiger partial charge in [0, 0.05) is 16.9 Å². The zero-order chi connectivity index (χ0) is 11.8. The quantitative estimate of drug-likeness (QED) is 0.820. The van der Waals surface area contributed by atoms with Crippen molar-refractivity contribution in [3.8, 4) is 0 Å². The van der Waals surface area contributed by atoms with Crippen LogP contribution < -0.4 is 5.73 Å². The summed E-state index contributed by atoms with van der Waals surface area (Å²) in [5, 5.41) is 0. The maximum atomic E-state index is 12.4. The van der Waals surface area contributed by atoms with Crippen molar-refractivity contribution in [2.45, 2.75) is 18.2 Å². The number of halogens is 3. The molecule has 0 aliphatic carbocycles. The Morgan fingerprint density at radius 3 is 2.47 bits per heavy atom. The molecule has 0 fully saturated rings. The van der Waals surface area contributed by atoms with Crippen LogP contribution in [0.2, 0.25) is 0 Å². The fourth-order valence-electron chi connectivity index (χ4n) is 1.02. The number of pyridine rings is 1. The summed E-state index contributed by atoms with van der Waals surface area (Å²) in [4.78, 5) is 2.51. The second-order valence-electron chi connectivity index (χ2n) is 2.81. The maximum Gasteiger partial charge on any atom is 0.281 e. The normalized spacial score (nSPS) is 12.1. The lowest BCUT2D eigenvalue weighted by molar-refractivity contribution is 0.142. The molecular formula is C7H7ClF2N2O2S. The number of nitrogens with zero attached hydrogens (tertiary/aromatic N) is 1. The summed E-state index contributed by atoms with van der Waals surface area (Å²) in [6, 6.07) is 0. The standard InChI is InChI=1S/C7H7ClF2N2O2S/c1-3-2-12-5(7(9)10)6(4(3)11)15(8,13)14/h2,7H,1H3,(H2,11,12). The van der Waals surface area contributed by atoms with Crippen molar-refractivity contribution < 1.29 is 17.2 Å². The highest BCUT2D eigenvalue weighted by atomic mass is 35.7. The molecule has 2 N–H and O–H groups in total. The van der Waals surface area contributed by atoms with Crippen molar-refractivity contribution >= 4 is 25.4 Å². The second kappa shape index (κ2) is 3.90. The molecule has 1 aromatic rings. The van der Waals surface area contributed by atoms with Crippen molar-refractivity contribution in [1.29, 1.82) is 0 Å². The molecule has 15 heavy (non-hydrogen) atoms. The molecule has 0 saturated heterocycles. The molecule has 0 spiro atoms. The first kappa shape index (κ1) is 12.1. The van der Waals surface area contributed by atoms with Crippen LogP contribution in [-0.4, -0.2) is 13.4 Å². The molecule has 0 amide bonds. The van der Waals surface area contributed by atoms with Gasteiger partial charge < -0.3 is 5.73 Å². The van der Waals surface area contributed by atoms with E-state index in [-0.39, 0.29) is 11.3 Å². The SMILES string of the molecule is Cc1cnc(C(F)F)c(S(=O)(=O)Cl)c1N. The molecule has 0 unspecified atom stereocenters. The first-order chi connectivity index (χ1) is 6.75. The van der Waals surface area contributed by atoms with E-state index in [9.17, 15) is 17.2 Å². The van der Waals surface area contributed by atoms with Gasteiger partial charge in [-0.25, -0.2) is 17.2 Å². The summed E-state index contributed by atoms with van der Waals surface area (Å²) in [5.74, 6) is 0. The largest absolute Gasteiger partial charge is 0.397 e. The predicted molar refractivity (Wildman–Crippen MR) is 51.4 cm³/mol. The van der Waals surface area contributed by atoms with E-state index < -0.39 is 26.1 Å². The highest BCUT2D eigenvalue weighted by Crippen LogP contribution is 2.32. The highest BCUT2D eigenvalue weighted by Gasteiger charge is 2.27. The number of hydrogen-bond donors (Lipinski definition) is 1. The van der Waals surface area contributed by atoms with Crippen molar-refractivity contribution in [3.05, 3.63) is 17.5 Å². The average Bonchev–Trinajstić information content (AvgIpc) is 2.06. The van der Waals surface area contributed by atoms with Gasteiger partial charge >= 0.3 is 0 Å². The number of anilines is 1. The first-order valence-corrected chi connectivity index (χ1v) is 6.04. The number of hydrogen-bond acceptors (Lipinski definition) is 4. The zero-order valence-corrected chi connectivity index (χ0v) is 9.11. The number of aryl methyl sites for hydroxylation is 1. The molecule has 0 radical (unpaired) electrons. The van der Waals surface area contributed by atoms with Crippen LogP contribution >= 0.6 is 10.7 Å². The number of nitrogen functional groups attached to an aromatic ring is 1. The van der Waals surface area contributed by atoms with Crippen molar-refractivity contribution in [1.82, 2.24) is 4.98 Å². The van der Waals surface area contributed by atoms with E-state index in [2.05, 4.69) is 4.98 Å². The Hall–Kier alpha value is -0.950. The Bertz CT molecular complexity index is 490. The molecule has 0 bridgehead atoms. The number of rotatable bonds is 2. The van der Waals surface area contributed by atoms with Crippen LogP contribution in [0, 0.1) is 6.92 Å². The Morgan fingerprint density at radius 2 is 2.07 bits per heavy atom. The molecule has 4 nitrogen and oxygen atoms in total. The molecule has 0 aliphatic heterocycles. The first-order valence-electron chi connectivity index (χ1n) is 3.73. The minimum absolute atomic E-state index is 0.277. The van der Waals surface area contributed by atoms with Gasteiger partial charge in [0.2, 0.25) is 0 Å². The number of alkyl halides is 2. The maximum absolute atomic E-state index is 12.4. The van der Waals surface area contributed by atoms with Crippen LogP contribution in [0.3, 0.4) is 0 Å². The zero-order valence-electron chi connectivity index (χ0n) is 7.54. The van der Waals surface area contributed by atoms with Gasteiger partial charge in [-0.2, -0.15) is 0 Å². The van der Waals surface area contributed by atoms with E-state index >= 15 is 0 Å². The predicted octanol–water partition coefficient (Wildman–Crippen LogP) is 1.84. The van der Waals surface area contributed by atoms with E-state index in [1.165, 1.54) is 6.92 Å². The van der Waals surface area contributed by atoms with Crippen LogP contribution in [0.25, 0.3) is 0 Å². The minimum atomic E-state index is -4.33. The van der Waals surface area contributed by atoms with E-state index in [0.717, 1.165) is 6.20 Å². The Labute approximate surface area is 89.5 Å². The van der Waals surface area contributed by atoms with E-state index in [1.807, 2.05) is 0 Å². The minimum Gasteiger partial charge on any atom is -0.397 e. The van der Waals surface area contributed by atoms with Gasteiger partial charge in [-0.05, 0) is 12.5 Å². The van der Waals surface area contributed by atoms with Crippen LogP contribution in [0.4, 0.5) is 14.5 Å². The average molecular weight is 257 g/mol. The molecular weight excluding hydrogens is 250 g/mol. The fraction of sp³-hybridized carbons (Fsp3) is 0.286. The Kier molecular flexibility index (Phi) is 3.15. The van der Waals surface area contributed by atoms with Gasteiger partial charge in [0.1, 0.15) is 10.6 Å². The Morgan fingerprint density at radius 1 is 1.53 bits per heavy atom. The van der Waals surface area contributed by atoms with E-state index in [1.54, 1.807) is 0 Å². The summed E-state index contributed by atoms with van der Waals surface area (Å²) in [6.45, 7) is 1.45. The van der Waals surface area contributed by atoms with Crippen molar-refractivity contribution in [3.63, 3.8) is 0 Å². The molecule has 0 aliphatic rings. The monoisotopic (exact) mass is 256 g/mol. The topological polar surface area (TPSA) is 73.0 Å².